The zero-order valence-corrected chi connectivity index (χ0v) is 16.8. The van der Waals surface area contributed by atoms with Crippen LogP contribution in [0.3, 0.4) is 0 Å². The zero-order chi connectivity index (χ0) is 19.4. The van der Waals surface area contributed by atoms with E-state index in [1.165, 1.54) is 12.1 Å². The van der Waals surface area contributed by atoms with Crippen LogP contribution in [0.1, 0.15) is 42.1 Å². The standard InChI is InChI=1S/C20H23ClN2O3S/c1-15-7-5-6-12-23(15)20(24)17-10-11-18(21)19(13-17)27(25,26)22-14-16-8-3-2-4-9-16/h2-4,8-11,13,15,22H,5-7,12,14H2,1H3/t15-/m0/s1. The number of hydrogen-bond donors (Lipinski definition) is 1. The van der Waals surface area contributed by atoms with E-state index < -0.39 is 10.0 Å². The van der Waals surface area contributed by atoms with Gasteiger partial charge in [0.1, 0.15) is 4.90 Å². The lowest BCUT2D eigenvalue weighted by atomic mass is 10.0. The molecule has 0 radical (unpaired) electrons. The molecule has 144 valence electrons. The van der Waals surface area contributed by atoms with E-state index in [4.69, 9.17) is 11.6 Å². The largest absolute Gasteiger partial charge is 0.336 e. The number of nitrogens with zero attached hydrogens (tertiary/aromatic N) is 1. The Morgan fingerprint density at radius 3 is 2.63 bits per heavy atom. The van der Waals surface area contributed by atoms with Crippen molar-refractivity contribution in [2.24, 2.45) is 0 Å². The van der Waals surface area contributed by atoms with Gasteiger partial charge in [0.25, 0.3) is 5.91 Å². The molecular weight excluding hydrogens is 384 g/mol. The first-order valence-electron chi connectivity index (χ1n) is 9.02. The average molecular weight is 407 g/mol. The van der Waals surface area contributed by atoms with Gasteiger partial charge >= 0.3 is 0 Å². The highest BCUT2D eigenvalue weighted by Gasteiger charge is 2.26. The second kappa shape index (κ2) is 8.42. The first kappa shape index (κ1) is 19.9. The number of piperidine rings is 1. The topological polar surface area (TPSA) is 66.5 Å². The molecule has 0 spiro atoms. The Morgan fingerprint density at radius 1 is 1.19 bits per heavy atom. The van der Waals surface area contributed by atoms with Crippen molar-refractivity contribution in [1.82, 2.24) is 9.62 Å². The van der Waals surface area contributed by atoms with Crippen molar-refractivity contribution in [2.45, 2.75) is 43.7 Å². The van der Waals surface area contributed by atoms with Crippen LogP contribution in [0.2, 0.25) is 5.02 Å². The summed E-state index contributed by atoms with van der Waals surface area (Å²) in [5.74, 6) is -0.154. The summed E-state index contributed by atoms with van der Waals surface area (Å²) in [4.78, 5) is 14.6. The maximum atomic E-state index is 12.8. The molecule has 0 saturated carbocycles. The van der Waals surface area contributed by atoms with E-state index in [1.807, 2.05) is 37.3 Å². The summed E-state index contributed by atoms with van der Waals surface area (Å²) < 4.78 is 28.0. The SMILES string of the molecule is C[C@H]1CCCCN1C(=O)c1ccc(Cl)c(S(=O)(=O)NCc2ccccc2)c1. The van der Waals surface area contributed by atoms with Gasteiger partial charge < -0.3 is 4.90 Å². The van der Waals surface area contributed by atoms with E-state index >= 15 is 0 Å². The molecule has 5 nitrogen and oxygen atoms in total. The molecule has 1 saturated heterocycles. The molecule has 1 heterocycles. The number of benzene rings is 2. The van der Waals surface area contributed by atoms with Gasteiger partial charge in [-0.15, -0.1) is 0 Å². The van der Waals surface area contributed by atoms with Crippen LogP contribution in [0.15, 0.2) is 53.4 Å². The second-order valence-electron chi connectivity index (χ2n) is 6.80. The average Bonchev–Trinajstić information content (AvgIpc) is 2.67. The molecule has 3 rings (SSSR count). The minimum absolute atomic E-state index is 0.0735. The maximum Gasteiger partial charge on any atom is 0.254 e. The molecule has 2 aromatic rings. The Bertz CT molecular complexity index is 916. The van der Waals surface area contributed by atoms with Crippen LogP contribution in [0.25, 0.3) is 0 Å². The van der Waals surface area contributed by atoms with E-state index in [1.54, 1.807) is 11.0 Å². The fraction of sp³-hybridized carbons (Fsp3) is 0.350. The number of sulfonamides is 1. The lowest BCUT2D eigenvalue weighted by molar-refractivity contribution is 0.0635. The molecule has 0 bridgehead atoms. The lowest BCUT2D eigenvalue weighted by Crippen LogP contribution is -2.42. The van der Waals surface area contributed by atoms with E-state index in [9.17, 15) is 13.2 Å². The fourth-order valence-corrected chi connectivity index (χ4v) is 4.80. The zero-order valence-electron chi connectivity index (χ0n) is 15.2. The van der Waals surface area contributed by atoms with Crippen LogP contribution in [-0.2, 0) is 16.6 Å². The summed E-state index contributed by atoms with van der Waals surface area (Å²) in [6.07, 6.45) is 3.03. The number of rotatable bonds is 5. The van der Waals surface area contributed by atoms with Crippen LogP contribution < -0.4 is 4.72 Å². The van der Waals surface area contributed by atoms with Gasteiger partial charge in [-0.1, -0.05) is 41.9 Å². The van der Waals surface area contributed by atoms with Crippen molar-refractivity contribution < 1.29 is 13.2 Å². The Labute approximate surface area is 165 Å². The Balaban J connectivity index is 1.82. The van der Waals surface area contributed by atoms with Crippen LogP contribution in [0.5, 0.6) is 0 Å². The smallest absolute Gasteiger partial charge is 0.254 e. The van der Waals surface area contributed by atoms with Gasteiger partial charge in [-0.2, -0.15) is 0 Å². The fourth-order valence-electron chi connectivity index (χ4n) is 3.26. The van der Waals surface area contributed by atoms with Crippen LogP contribution in [0, 0.1) is 0 Å². The minimum Gasteiger partial charge on any atom is -0.336 e. The molecule has 0 aromatic heterocycles. The maximum absolute atomic E-state index is 12.8. The van der Waals surface area contributed by atoms with Gasteiger partial charge in [-0.05, 0) is 49.9 Å². The van der Waals surface area contributed by atoms with Gasteiger partial charge in [-0.25, -0.2) is 13.1 Å². The van der Waals surface area contributed by atoms with Gasteiger partial charge in [0, 0.05) is 24.7 Å². The molecule has 2 aromatic carbocycles. The second-order valence-corrected chi connectivity index (χ2v) is 8.94. The van der Waals surface area contributed by atoms with Crippen LogP contribution in [-0.4, -0.2) is 31.8 Å². The van der Waals surface area contributed by atoms with Crippen molar-refractivity contribution in [3.8, 4) is 0 Å². The number of hydrogen-bond acceptors (Lipinski definition) is 3. The summed E-state index contributed by atoms with van der Waals surface area (Å²) in [7, 11) is -3.84. The Kier molecular flexibility index (Phi) is 6.19. The number of halogens is 1. The van der Waals surface area contributed by atoms with Crippen LogP contribution in [0.4, 0.5) is 0 Å². The molecule has 1 atom stereocenters. The Morgan fingerprint density at radius 2 is 1.93 bits per heavy atom. The first-order valence-corrected chi connectivity index (χ1v) is 10.9. The van der Waals surface area contributed by atoms with Gasteiger partial charge in [0.2, 0.25) is 10.0 Å². The molecule has 27 heavy (non-hydrogen) atoms. The van der Waals surface area contributed by atoms with E-state index in [0.29, 0.717) is 12.1 Å². The molecular formula is C20H23ClN2O3S. The highest BCUT2D eigenvalue weighted by Crippen LogP contribution is 2.25. The molecule has 1 aliphatic heterocycles. The van der Waals surface area contributed by atoms with Gasteiger partial charge in [0.05, 0.1) is 5.02 Å². The lowest BCUT2D eigenvalue weighted by Gasteiger charge is -2.33. The molecule has 1 amide bonds. The number of carbonyl (C=O) groups is 1. The minimum atomic E-state index is -3.84. The molecule has 1 aliphatic rings. The third kappa shape index (κ3) is 4.69. The van der Waals surface area contributed by atoms with E-state index in [2.05, 4.69) is 4.72 Å². The summed E-state index contributed by atoms with van der Waals surface area (Å²) >= 11 is 6.14. The third-order valence-electron chi connectivity index (χ3n) is 4.84. The molecule has 1 N–H and O–H groups in total. The summed E-state index contributed by atoms with van der Waals surface area (Å²) in [5, 5.41) is 0.0961. The number of likely N-dealkylation sites (tertiary alicyclic amines) is 1. The molecule has 0 unspecified atom stereocenters. The predicted octanol–water partition coefficient (Wildman–Crippen LogP) is 3.83. The van der Waals surface area contributed by atoms with Crippen LogP contribution >= 0.6 is 11.6 Å². The van der Waals surface area contributed by atoms with Crippen molar-refractivity contribution in [2.75, 3.05) is 6.54 Å². The first-order chi connectivity index (χ1) is 12.9. The number of nitrogens with one attached hydrogen (secondary N) is 1. The van der Waals surface area contributed by atoms with Gasteiger partial charge in [-0.3, -0.25) is 4.79 Å². The van der Waals surface area contributed by atoms with Gasteiger partial charge in [0.15, 0.2) is 0 Å². The van der Waals surface area contributed by atoms with Crippen molar-refractivity contribution >= 4 is 27.5 Å². The monoisotopic (exact) mass is 406 g/mol. The summed E-state index contributed by atoms with van der Waals surface area (Å²) in [6, 6.07) is 13.8. The highest BCUT2D eigenvalue weighted by molar-refractivity contribution is 7.89. The number of amides is 1. The quantitative estimate of drug-likeness (QED) is 0.820. The van der Waals surface area contributed by atoms with Crippen molar-refractivity contribution in [3.63, 3.8) is 0 Å². The Hall–Kier alpha value is -1.89. The number of carbonyl (C=O) groups excluding carboxylic acids is 1. The van der Waals surface area contributed by atoms with Crippen molar-refractivity contribution in [3.05, 3.63) is 64.7 Å². The van der Waals surface area contributed by atoms with E-state index in [0.717, 1.165) is 24.8 Å². The normalized spacial score (nSPS) is 17.7. The summed E-state index contributed by atoms with van der Waals surface area (Å²) in [5.41, 5.74) is 1.18. The molecule has 1 fully saturated rings. The third-order valence-corrected chi connectivity index (χ3v) is 6.72. The van der Waals surface area contributed by atoms with E-state index in [-0.39, 0.29) is 28.4 Å². The predicted molar refractivity (Wildman–Crippen MR) is 106 cm³/mol. The molecule has 0 aliphatic carbocycles. The summed E-state index contributed by atoms with van der Waals surface area (Å²) in [6.45, 7) is 2.86. The highest BCUT2D eigenvalue weighted by atomic mass is 35.5. The van der Waals surface area contributed by atoms with Crippen molar-refractivity contribution in [1.29, 1.82) is 0 Å². The molecule has 7 heteroatoms.